The molecule has 102 valence electrons. The first-order valence-corrected chi connectivity index (χ1v) is 7.61. The van der Waals surface area contributed by atoms with Gasteiger partial charge in [-0.25, -0.2) is 9.36 Å². The van der Waals surface area contributed by atoms with Crippen molar-refractivity contribution >= 4 is 27.5 Å². The molecule has 0 saturated carbocycles. The second kappa shape index (κ2) is 5.42. The van der Waals surface area contributed by atoms with Crippen LogP contribution in [0.3, 0.4) is 0 Å². The molecular weight excluding hydrogens is 340 g/mol. The van der Waals surface area contributed by atoms with Crippen LogP contribution in [0.15, 0.2) is 42.7 Å². The Kier molecular flexibility index (Phi) is 3.63. The van der Waals surface area contributed by atoms with Crippen molar-refractivity contribution in [2.75, 3.05) is 0 Å². The second-order valence-electron chi connectivity index (χ2n) is 4.37. The lowest BCUT2D eigenvalue weighted by atomic mass is 10.2. The lowest BCUT2D eigenvalue weighted by molar-refractivity contribution is 0.759. The maximum atomic E-state index is 5.99. The summed E-state index contributed by atoms with van der Waals surface area (Å²) in [6.45, 7) is 1.99. The molecule has 2 aromatic heterocycles. The van der Waals surface area contributed by atoms with Gasteiger partial charge in [0.05, 0.1) is 28.8 Å². The van der Waals surface area contributed by atoms with E-state index in [1.807, 2.05) is 41.9 Å². The second-order valence-corrected chi connectivity index (χ2v) is 5.37. The van der Waals surface area contributed by atoms with Gasteiger partial charge in [-0.15, -0.1) is 0 Å². The highest BCUT2D eigenvalue weighted by Crippen LogP contribution is 2.25. The monoisotopic (exact) mass is 350 g/mol. The van der Waals surface area contributed by atoms with Crippen LogP contribution >= 0.6 is 27.5 Å². The zero-order valence-corrected chi connectivity index (χ0v) is 13.1. The van der Waals surface area contributed by atoms with Crippen LogP contribution in [-0.4, -0.2) is 19.6 Å². The molecule has 0 spiro atoms. The number of hydrogen-bond donors (Lipinski definition) is 0. The third-order valence-electron chi connectivity index (χ3n) is 3.06. The average molecular weight is 352 g/mol. The Hall–Kier alpha value is -1.59. The normalized spacial score (nSPS) is 10.9. The van der Waals surface area contributed by atoms with E-state index in [1.165, 1.54) is 0 Å². The number of rotatable bonds is 3. The predicted molar refractivity (Wildman–Crippen MR) is 83.1 cm³/mol. The minimum Gasteiger partial charge on any atom is -0.221 e. The maximum absolute atomic E-state index is 5.99. The summed E-state index contributed by atoms with van der Waals surface area (Å²) >= 11 is 9.51. The van der Waals surface area contributed by atoms with Gasteiger partial charge in [0, 0.05) is 10.9 Å². The van der Waals surface area contributed by atoms with E-state index >= 15 is 0 Å². The minimum atomic E-state index is 0.601. The summed E-state index contributed by atoms with van der Waals surface area (Å²) < 4.78 is 3.64. The quantitative estimate of drug-likeness (QED) is 0.671. The predicted octanol–water partition coefficient (Wildman–Crippen LogP) is 3.91. The molecule has 20 heavy (non-hydrogen) atoms. The molecule has 0 N–H and O–H groups in total. The highest BCUT2D eigenvalue weighted by atomic mass is 79.9. The molecule has 3 rings (SSSR count). The molecule has 0 aliphatic heterocycles. The number of aryl methyl sites for hydroxylation is 1. The molecule has 0 atom stereocenters. The molecule has 1 aromatic carbocycles. The number of halogens is 2. The molecule has 4 nitrogen and oxygen atoms in total. The maximum Gasteiger partial charge on any atom is 0.161 e. The summed E-state index contributed by atoms with van der Waals surface area (Å²) in [6.07, 6.45) is 3.40. The zero-order valence-electron chi connectivity index (χ0n) is 10.8. The van der Waals surface area contributed by atoms with E-state index in [0.29, 0.717) is 10.4 Å². The Morgan fingerprint density at radius 1 is 1.25 bits per heavy atom. The van der Waals surface area contributed by atoms with E-state index in [0.717, 1.165) is 22.8 Å². The van der Waals surface area contributed by atoms with Crippen molar-refractivity contribution in [1.82, 2.24) is 19.6 Å². The number of hydrogen-bond acceptors (Lipinski definition) is 2. The zero-order chi connectivity index (χ0) is 14.1. The van der Waals surface area contributed by atoms with Gasteiger partial charge in [0.15, 0.2) is 5.82 Å². The van der Waals surface area contributed by atoms with Crippen LogP contribution in [0.2, 0.25) is 5.02 Å². The molecule has 0 radical (unpaired) electrons. The van der Waals surface area contributed by atoms with Gasteiger partial charge in [-0.3, -0.25) is 0 Å². The van der Waals surface area contributed by atoms with Crippen molar-refractivity contribution in [3.63, 3.8) is 0 Å². The van der Waals surface area contributed by atoms with Gasteiger partial charge in [0.2, 0.25) is 0 Å². The standard InChI is InChI=1S/C14H12BrClN4/c1-10-13(7-15)14(19-9-11(16)8-17-19)20(18-10)12-5-3-2-4-6-12/h2-6,8-9H,7H2,1H3. The summed E-state index contributed by atoms with van der Waals surface area (Å²) in [7, 11) is 0. The first-order valence-electron chi connectivity index (χ1n) is 6.11. The molecule has 0 aliphatic rings. The summed E-state index contributed by atoms with van der Waals surface area (Å²) in [5.74, 6) is 0.900. The van der Waals surface area contributed by atoms with E-state index in [1.54, 1.807) is 17.1 Å². The fraction of sp³-hybridized carbons (Fsp3) is 0.143. The van der Waals surface area contributed by atoms with Gasteiger partial charge < -0.3 is 0 Å². The van der Waals surface area contributed by atoms with Gasteiger partial charge in [-0.05, 0) is 19.1 Å². The third kappa shape index (κ3) is 2.27. The van der Waals surface area contributed by atoms with Crippen LogP contribution in [0.1, 0.15) is 11.3 Å². The van der Waals surface area contributed by atoms with Crippen molar-refractivity contribution in [1.29, 1.82) is 0 Å². The fourth-order valence-electron chi connectivity index (χ4n) is 2.11. The van der Waals surface area contributed by atoms with Crippen molar-refractivity contribution in [3.05, 3.63) is 59.0 Å². The van der Waals surface area contributed by atoms with Crippen LogP contribution < -0.4 is 0 Å². The van der Waals surface area contributed by atoms with Crippen molar-refractivity contribution in [3.8, 4) is 11.5 Å². The van der Waals surface area contributed by atoms with Gasteiger partial charge >= 0.3 is 0 Å². The first kappa shape index (κ1) is 13.4. The highest BCUT2D eigenvalue weighted by Gasteiger charge is 2.17. The summed E-state index contributed by atoms with van der Waals surface area (Å²) in [5.41, 5.74) is 3.05. The highest BCUT2D eigenvalue weighted by molar-refractivity contribution is 9.08. The van der Waals surface area contributed by atoms with Gasteiger partial charge in [0.1, 0.15) is 0 Å². The molecule has 6 heteroatoms. The van der Waals surface area contributed by atoms with E-state index in [2.05, 4.69) is 26.1 Å². The third-order valence-corrected chi connectivity index (χ3v) is 3.82. The fourth-order valence-corrected chi connectivity index (χ4v) is 2.90. The number of aromatic nitrogens is 4. The largest absolute Gasteiger partial charge is 0.221 e. The Morgan fingerprint density at radius 3 is 2.60 bits per heavy atom. The Morgan fingerprint density at radius 2 is 2.00 bits per heavy atom. The molecule has 0 unspecified atom stereocenters. The van der Waals surface area contributed by atoms with E-state index < -0.39 is 0 Å². The van der Waals surface area contributed by atoms with Crippen molar-refractivity contribution < 1.29 is 0 Å². The SMILES string of the molecule is Cc1nn(-c2ccccc2)c(-n2cc(Cl)cn2)c1CBr. The molecule has 2 heterocycles. The topological polar surface area (TPSA) is 35.6 Å². The van der Waals surface area contributed by atoms with Crippen LogP contribution in [-0.2, 0) is 5.33 Å². The van der Waals surface area contributed by atoms with Gasteiger partial charge in [0.25, 0.3) is 0 Å². The van der Waals surface area contributed by atoms with Gasteiger partial charge in [-0.1, -0.05) is 45.7 Å². The van der Waals surface area contributed by atoms with E-state index in [9.17, 15) is 0 Å². The Balaban J connectivity index is 2.25. The number of para-hydroxylation sites is 1. The molecular formula is C14H12BrClN4. The molecule has 0 saturated heterocycles. The average Bonchev–Trinajstić information content (AvgIpc) is 3.03. The molecule has 0 bridgehead atoms. The van der Waals surface area contributed by atoms with Crippen LogP contribution in [0.5, 0.6) is 0 Å². The van der Waals surface area contributed by atoms with Crippen LogP contribution in [0.25, 0.3) is 11.5 Å². The lowest BCUT2D eigenvalue weighted by Crippen LogP contribution is -2.07. The smallest absolute Gasteiger partial charge is 0.161 e. The van der Waals surface area contributed by atoms with E-state index in [4.69, 9.17) is 11.6 Å². The Labute approximate surface area is 130 Å². The summed E-state index contributed by atoms with van der Waals surface area (Å²) in [6, 6.07) is 9.98. The molecule has 3 aromatic rings. The summed E-state index contributed by atoms with van der Waals surface area (Å²) in [4.78, 5) is 0. The molecule has 0 amide bonds. The van der Waals surface area contributed by atoms with Crippen molar-refractivity contribution in [2.45, 2.75) is 12.3 Å². The minimum absolute atomic E-state index is 0.601. The molecule has 0 fully saturated rings. The van der Waals surface area contributed by atoms with Gasteiger partial charge in [-0.2, -0.15) is 10.2 Å². The van der Waals surface area contributed by atoms with Crippen molar-refractivity contribution in [2.24, 2.45) is 0 Å². The number of benzene rings is 1. The summed E-state index contributed by atoms with van der Waals surface area (Å²) in [5, 5.41) is 10.2. The van der Waals surface area contributed by atoms with Crippen LogP contribution in [0.4, 0.5) is 0 Å². The number of alkyl halides is 1. The lowest BCUT2D eigenvalue weighted by Gasteiger charge is -2.08. The molecule has 0 aliphatic carbocycles. The first-order chi connectivity index (χ1) is 9.70. The van der Waals surface area contributed by atoms with Crippen LogP contribution in [0, 0.1) is 6.92 Å². The Bertz CT molecular complexity index is 733. The number of nitrogens with zero attached hydrogens (tertiary/aromatic N) is 4. The van der Waals surface area contributed by atoms with E-state index in [-0.39, 0.29) is 0 Å².